The monoisotopic (exact) mass is 259 g/mol. The Morgan fingerprint density at radius 3 is 2.63 bits per heavy atom. The summed E-state index contributed by atoms with van der Waals surface area (Å²) >= 11 is 0. The van der Waals surface area contributed by atoms with E-state index in [1.165, 1.54) is 0 Å². The molecule has 1 atom stereocenters. The number of ether oxygens (including phenoxy) is 1. The second-order valence-electron chi connectivity index (χ2n) is 4.54. The van der Waals surface area contributed by atoms with E-state index < -0.39 is 0 Å². The van der Waals surface area contributed by atoms with Gasteiger partial charge in [0.25, 0.3) is 0 Å². The van der Waals surface area contributed by atoms with Crippen molar-refractivity contribution in [3.05, 3.63) is 48.0 Å². The summed E-state index contributed by atoms with van der Waals surface area (Å²) in [5, 5.41) is 0. The van der Waals surface area contributed by atoms with Crippen LogP contribution in [0.3, 0.4) is 0 Å². The van der Waals surface area contributed by atoms with Gasteiger partial charge in [-0.25, -0.2) is 4.98 Å². The van der Waals surface area contributed by atoms with Gasteiger partial charge in [0.05, 0.1) is 18.2 Å². The van der Waals surface area contributed by atoms with Crippen LogP contribution in [0.15, 0.2) is 36.8 Å². The molecule has 0 spiro atoms. The molecule has 4 heteroatoms. The third-order valence-electron chi connectivity index (χ3n) is 3.27. The number of hydrogen-bond acceptors (Lipinski definition) is 3. The van der Waals surface area contributed by atoms with Crippen LogP contribution in [0.25, 0.3) is 0 Å². The van der Waals surface area contributed by atoms with Gasteiger partial charge in [-0.05, 0) is 31.0 Å². The Kier molecular flexibility index (Phi) is 4.58. The quantitative estimate of drug-likeness (QED) is 0.867. The van der Waals surface area contributed by atoms with Crippen molar-refractivity contribution >= 4 is 0 Å². The molecular formula is C15H21N3O. The number of nitrogens with zero attached hydrogens (tertiary/aromatic N) is 2. The maximum Gasteiger partial charge on any atom is 0.130 e. The Balaban J connectivity index is 1.96. The summed E-state index contributed by atoms with van der Waals surface area (Å²) in [5.74, 6) is 0.857. The highest BCUT2D eigenvalue weighted by Crippen LogP contribution is 2.19. The molecule has 0 radical (unpaired) electrons. The van der Waals surface area contributed by atoms with E-state index >= 15 is 0 Å². The van der Waals surface area contributed by atoms with Crippen molar-refractivity contribution in [1.82, 2.24) is 9.55 Å². The number of nitrogens with two attached hydrogens (primary N) is 1. The number of hydrogen-bond donors (Lipinski definition) is 1. The molecule has 1 heterocycles. The molecule has 2 rings (SSSR count). The fourth-order valence-electron chi connectivity index (χ4n) is 1.96. The standard InChI is InChI=1S/C15H21N3O/c1-3-15(16)12-5-7-14(8-6-12)19-10-13-9-17-11-18(13)4-2/h5-9,11,15H,3-4,10,16H2,1-2H3. The highest BCUT2D eigenvalue weighted by molar-refractivity contribution is 5.29. The van der Waals surface area contributed by atoms with E-state index in [1.54, 1.807) is 0 Å². The first-order chi connectivity index (χ1) is 9.24. The van der Waals surface area contributed by atoms with Gasteiger partial charge in [-0.3, -0.25) is 0 Å². The predicted octanol–water partition coefficient (Wildman–Crippen LogP) is 2.89. The molecule has 0 saturated heterocycles. The zero-order valence-corrected chi connectivity index (χ0v) is 11.5. The maximum atomic E-state index is 5.98. The van der Waals surface area contributed by atoms with Crippen LogP contribution in [0.1, 0.15) is 37.6 Å². The van der Waals surface area contributed by atoms with Crippen molar-refractivity contribution in [2.24, 2.45) is 5.73 Å². The molecule has 0 saturated carbocycles. The number of aryl methyl sites for hydroxylation is 1. The lowest BCUT2D eigenvalue weighted by Crippen LogP contribution is -2.08. The van der Waals surface area contributed by atoms with Crippen molar-refractivity contribution in [3.63, 3.8) is 0 Å². The van der Waals surface area contributed by atoms with Crippen LogP contribution in [0.2, 0.25) is 0 Å². The summed E-state index contributed by atoms with van der Waals surface area (Å²) in [6.45, 7) is 5.61. The third kappa shape index (κ3) is 3.35. The summed E-state index contributed by atoms with van der Waals surface area (Å²) in [6, 6.07) is 8.10. The van der Waals surface area contributed by atoms with E-state index in [4.69, 9.17) is 10.5 Å². The van der Waals surface area contributed by atoms with Crippen LogP contribution in [0.4, 0.5) is 0 Å². The van der Waals surface area contributed by atoms with Crippen molar-refractivity contribution in [1.29, 1.82) is 0 Å². The molecule has 2 N–H and O–H groups in total. The highest BCUT2D eigenvalue weighted by atomic mass is 16.5. The Morgan fingerprint density at radius 2 is 2.00 bits per heavy atom. The van der Waals surface area contributed by atoms with Gasteiger partial charge in [0.2, 0.25) is 0 Å². The second-order valence-corrected chi connectivity index (χ2v) is 4.54. The Labute approximate surface area is 114 Å². The molecule has 102 valence electrons. The minimum absolute atomic E-state index is 0.107. The number of rotatable bonds is 6. The van der Waals surface area contributed by atoms with E-state index in [2.05, 4.69) is 23.4 Å². The fourth-order valence-corrected chi connectivity index (χ4v) is 1.96. The molecule has 0 bridgehead atoms. The van der Waals surface area contributed by atoms with E-state index in [0.29, 0.717) is 6.61 Å². The highest BCUT2D eigenvalue weighted by Gasteiger charge is 2.04. The number of benzene rings is 1. The smallest absolute Gasteiger partial charge is 0.130 e. The molecule has 4 nitrogen and oxygen atoms in total. The molecule has 0 amide bonds. The SMILES string of the molecule is CCC(N)c1ccc(OCc2cncn2CC)cc1. The minimum Gasteiger partial charge on any atom is -0.487 e. The molecule has 1 aromatic carbocycles. The third-order valence-corrected chi connectivity index (χ3v) is 3.27. The van der Waals surface area contributed by atoms with Gasteiger partial charge in [0.15, 0.2) is 0 Å². The van der Waals surface area contributed by atoms with Gasteiger partial charge in [-0.2, -0.15) is 0 Å². The van der Waals surface area contributed by atoms with Crippen LogP contribution in [-0.2, 0) is 13.2 Å². The van der Waals surface area contributed by atoms with Gasteiger partial charge in [0.1, 0.15) is 12.4 Å². The predicted molar refractivity (Wildman–Crippen MR) is 75.9 cm³/mol. The van der Waals surface area contributed by atoms with Gasteiger partial charge in [-0.15, -0.1) is 0 Å². The number of imidazole rings is 1. The van der Waals surface area contributed by atoms with Crippen LogP contribution in [-0.4, -0.2) is 9.55 Å². The Hall–Kier alpha value is -1.81. The van der Waals surface area contributed by atoms with Crippen LogP contribution >= 0.6 is 0 Å². The molecule has 0 aliphatic carbocycles. The molecule has 0 aliphatic rings. The lowest BCUT2D eigenvalue weighted by atomic mass is 10.1. The molecule has 2 aromatic rings. The lowest BCUT2D eigenvalue weighted by Gasteiger charge is -2.11. The van der Waals surface area contributed by atoms with Gasteiger partial charge < -0.3 is 15.0 Å². The average Bonchev–Trinajstić information content (AvgIpc) is 2.92. The summed E-state index contributed by atoms with van der Waals surface area (Å²) in [7, 11) is 0. The normalized spacial score (nSPS) is 12.4. The molecule has 0 fully saturated rings. The van der Waals surface area contributed by atoms with Crippen molar-refractivity contribution in [2.45, 2.75) is 39.5 Å². The first kappa shape index (κ1) is 13.6. The van der Waals surface area contributed by atoms with Gasteiger partial charge in [0, 0.05) is 12.6 Å². The van der Waals surface area contributed by atoms with Gasteiger partial charge in [-0.1, -0.05) is 19.1 Å². The van der Waals surface area contributed by atoms with E-state index in [0.717, 1.165) is 30.0 Å². The fraction of sp³-hybridized carbons (Fsp3) is 0.400. The molecule has 1 aromatic heterocycles. The minimum atomic E-state index is 0.107. The molecule has 19 heavy (non-hydrogen) atoms. The number of aromatic nitrogens is 2. The molecule has 1 unspecified atom stereocenters. The lowest BCUT2D eigenvalue weighted by molar-refractivity contribution is 0.295. The van der Waals surface area contributed by atoms with E-state index in [-0.39, 0.29) is 6.04 Å². The first-order valence-corrected chi connectivity index (χ1v) is 6.72. The summed E-state index contributed by atoms with van der Waals surface area (Å²) in [4.78, 5) is 4.12. The Morgan fingerprint density at radius 1 is 1.26 bits per heavy atom. The van der Waals surface area contributed by atoms with Crippen molar-refractivity contribution < 1.29 is 4.74 Å². The van der Waals surface area contributed by atoms with E-state index in [9.17, 15) is 0 Å². The maximum absolute atomic E-state index is 5.98. The molecule has 0 aliphatic heterocycles. The Bertz CT molecular complexity index is 504. The van der Waals surface area contributed by atoms with Crippen LogP contribution in [0.5, 0.6) is 5.75 Å². The van der Waals surface area contributed by atoms with Crippen LogP contribution < -0.4 is 10.5 Å². The topological polar surface area (TPSA) is 53.1 Å². The largest absolute Gasteiger partial charge is 0.487 e. The second kappa shape index (κ2) is 6.38. The van der Waals surface area contributed by atoms with Crippen LogP contribution in [0, 0.1) is 0 Å². The van der Waals surface area contributed by atoms with Gasteiger partial charge >= 0.3 is 0 Å². The summed E-state index contributed by atoms with van der Waals surface area (Å²) < 4.78 is 7.83. The summed E-state index contributed by atoms with van der Waals surface area (Å²) in [6.07, 6.45) is 4.60. The van der Waals surface area contributed by atoms with E-state index in [1.807, 2.05) is 36.8 Å². The van der Waals surface area contributed by atoms with Crippen molar-refractivity contribution in [3.8, 4) is 5.75 Å². The average molecular weight is 259 g/mol. The first-order valence-electron chi connectivity index (χ1n) is 6.72. The molecular weight excluding hydrogens is 238 g/mol. The zero-order valence-electron chi connectivity index (χ0n) is 11.5. The summed E-state index contributed by atoms with van der Waals surface area (Å²) in [5.41, 5.74) is 8.21. The zero-order chi connectivity index (χ0) is 13.7. The van der Waals surface area contributed by atoms with Crippen molar-refractivity contribution in [2.75, 3.05) is 0 Å².